The van der Waals surface area contributed by atoms with E-state index in [1.54, 1.807) is 6.07 Å². The molecule has 0 radical (unpaired) electrons. The van der Waals surface area contributed by atoms with Crippen molar-refractivity contribution in [2.45, 2.75) is 45.6 Å². The Balaban J connectivity index is 2.20. The minimum atomic E-state index is -0.972. The van der Waals surface area contributed by atoms with Crippen molar-refractivity contribution in [3.05, 3.63) is 34.9 Å². The van der Waals surface area contributed by atoms with Crippen molar-refractivity contribution in [2.75, 3.05) is 0 Å². The van der Waals surface area contributed by atoms with Crippen LogP contribution in [0.15, 0.2) is 18.2 Å². The zero-order valence-electron chi connectivity index (χ0n) is 12.0. The average Bonchev–Trinajstić information content (AvgIpc) is 2.91. The summed E-state index contributed by atoms with van der Waals surface area (Å²) in [6.45, 7) is 3.77. The van der Waals surface area contributed by atoms with Gasteiger partial charge >= 0.3 is 5.97 Å². The molecule has 0 fully saturated rings. The lowest BCUT2D eigenvalue weighted by Gasteiger charge is -2.20. The van der Waals surface area contributed by atoms with Crippen LogP contribution in [0.4, 0.5) is 0 Å². The first-order chi connectivity index (χ1) is 9.54. The van der Waals surface area contributed by atoms with Crippen molar-refractivity contribution in [1.82, 2.24) is 5.32 Å². The van der Waals surface area contributed by atoms with Crippen LogP contribution in [0.2, 0.25) is 0 Å². The number of carbonyl (C=O) groups excluding carboxylic acids is 1. The lowest BCUT2D eigenvalue weighted by Crippen LogP contribution is -2.45. The summed E-state index contributed by atoms with van der Waals surface area (Å²) in [5, 5.41) is 11.9. The molecule has 0 saturated heterocycles. The molecule has 2 atom stereocenters. The molecule has 1 amide bonds. The third-order valence-corrected chi connectivity index (χ3v) is 4.16. The number of carboxylic acid groups (broad SMARTS) is 1. The first kappa shape index (κ1) is 14.6. The Hall–Kier alpha value is -1.84. The summed E-state index contributed by atoms with van der Waals surface area (Å²) in [4.78, 5) is 23.7. The quantitative estimate of drug-likeness (QED) is 0.867. The molecule has 1 aromatic rings. The van der Waals surface area contributed by atoms with E-state index < -0.39 is 12.0 Å². The monoisotopic (exact) mass is 275 g/mol. The summed E-state index contributed by atoms with van der Waals surface area (Å²) in [5.41, 5.74) is 2.93. The van der Waals surface area contributed by atoms with E-state index in [9.17, 15) is 14.7 Å². The van der Waals surface area contributed by atoms with Gasteiger partial charge in [0.1, 0.15) is 6.04 Å². The average molecular weight is 275 g/mol. The molecule has 1 aliphatic rings. The highest BCUT2D eigenvalue weighted by atomic mass is 16.4. The van der Waals surface area contributed by atoms with Crippen LogP contribution in [0.3, 0.4) is 0 Å². The Morgan fingerprint density at radius 2 is 2.10 bits per heavy atom. The van der Waals surface area contributed by atoms with Gasteiger partial charge in [-0.05, 0) is 42.4 Å². The fourth-order valence-electron chi connectivity index (χ4n) is 2.73. The second kappa shape index (κ2) is 6.07. The maximum atomic E-state index is 12.4. The van der Waals surface area contributed by atoms with Crippen molar-refractivity contribution < 1.29 is 14.7 Å². The van der Waals surface area contributed by atoms with Crippen molar-refractivity contribution in [1.29, 1.82) is 0 Å². The van der Waals surface area contributed by atoms with E-state index in [1.807, 2.05) is 26.0 Å². The predicted molar refractivity (Wildman–Crippen MR) is 76.8 cm³/mol. The molecule has 20 heavy (non-hydrogen) atoms. The highest BCUT2D eigenvalue weighted by Crippen LogP contribution is 2.25. The number of amides is 1. The van der Waals surface area contributed by atoms with E-state index in [2.05, 4.69) is 5.32 Å². The van der Waals surface area contributed by atoms with Crippen molar-refractivity contribution >= 4 is 11.9 Å². The topological polar surface area (TPSA) is 66.4 Å². The fraction of sp³-hybridized carbons (Fsp3) is 0.500. The van der Waals surface area contributed by atoms with E-state index in [0.717, 1.165) is 24.8 Å². The molecule has 0 aliphatic heterocycles. The lowest BCUT2D eigenvalue weighted by atomic mass is 9.97. The number of carbonyl (C=O) groups is 2. The number of benzene rings is 1. The number of rotatable bonds is 5. The van der Waals surface area contributed by atoms with Gasteiger partial charge in [0.05, 0.1) is 0 Å². The van der Waals surface area contributed by atoms with Crippen LogP contribution in [-0.4, -0.2) is 23.0 Å². The Morgan fingerprint density at radius 1 is 1.35 bits per heavy atom. The standard InChI is InChI=1S/C16H21NO3/c1-3-10(2)14(16(19)20)17-15(18)13-9-5-7-11-6-4-8-12(11)13/h5,7,9-10,14H,3-4,6,8H2,1-2H3,(H,17,18)(H,19,20). The molecule has 1 aromatic carbocycles. The molecule has 2 rings (SSSR count). The summed E-state index contributed by atoms with van der Waals surface area (Å²) >= 11 is 0. The van der Waals surface area contributed by atoms with Gasteiger partial charge in [-0.1, -0.05) is 32.4 Å². The molecule has 0 aromatic heterocycles. The largest absolute Gasteiger partial charge is 0.480 e. The number of nitrogens with one attached hydrogen (secondary N) is 1. The first-order valence-corrected chi connectivity index (χ1v) is 7.19. The molecule has 2 unspecified atom stereocenters. The van der Waals surface area contributed by atoms with Gasteiger partial charge in [0.25, 0.3) is 5.91 Å². The van der Waals surface area contributed by atoms with Crippen molar-refractivity contribution in [3.8, 4) is 0 Å². The van der Waals surface area contributed by atoms with Crippen molar-refractivity contribution in [2.24, 2.45) is 5.92 Å². The zero-order chi connectivity index (χ0) is 14.7. The highest BCUT2D eigenvalue weighted by molar-refractivity contribution is 5.98. The minimum Gasteiger partial charge on any atom is -0.480 e. The summed E-state index contributed by atoms with van der Waals surface area (Å²) in [5.74, 6) is -1.33. The summed E-state index contributed by atoms with van der Waals surface area (Å²) in [7, 11) is 0. The molecule has 0 heterocycles. The van der Waals surface area contributed by atoms with Gasteiger partial charge in [0.15, 0.2) is 0 Å². The van der Waals surface area contributed by atoms with E-state index in [1.165, 1.54) is 5.56 Å². The minimum absolute atomic E-state index is 0.0896. The van der Waals surface area contributed by atoms with Gasteiger partial charge in [0, 0.05) is 5.56 Å². The molecule has 4 nitrogen and oxygen atoms in total. The van der Waals surface area contributed by atoms with Crippen molar-refractivity contribution in [3.63, 3.8) is 0 Å². The Bertz CT molecular complexity index is 524. The van der Waals surface area contributed by atoms with E-state index in [4.69, 9.17) is 0 Å². The first-order valence-electron chi connectivity index (χ1n) is 7.19. The Labute approximate surface area is 119 Å². The molecule has 108 valence electrons. The lowest BCUT2D eigenvalue weighted by molar-refractivity contribution is -0.140. The summed E-state index contributed by atoms with van der Waals surface area (Å²) in [6.07, 6.45) is 3.68. The second-order valence-corrected chi connectivity index (χ2v) is 5.47. The smallest absolute Gasteiger partial charge is 0.326 e. The van der Waals surface area contributed by atoms with Gasteiger partial charge < -0.3 is 10.4 Å². The van der Waals surface area contributed by atoms with Crippen LogP contribution in [0.25, 0.3) is 0 Å². The molecule has 0 bridgehead atoms. The maximum Gasteiger partial charge on any atom is 0.326 e. The van der Waals surface area contributed by atoms with Gasteiger partial charge in [-0.15, -0.1) is 0 Å². The van der Waals surface area contributed by atoms with Crippen LogP contribution in [0.1, 0.15) is 48.2 Å². The Morgan fingerprint density at radius 3 is 2.75 bits per heavy atom. The normalized spacial score (nSPS) is 16.3. The van der Waals surface area contributed by atoms with Gasteiger partial charge in [0.2, 0.25) is 0 Å². The van der Waals surface area contributed by atoms with Gasteiger partial charge in [-0.3, -0.25) is 4.79 Å². The van der Waals surface area contributed by atoms with Crippen LogP contribution in [-0.2, 0) is 17.6 Å². The Kier molecular flexibility index (Phi) is 4.42. The molecular weight excluding hydrogens is 254 g/mol. The van der Waals surface area contributed by atoms with Crippen LogP contribution in [0, 0.1) is 5.92 Å². The van der Waals surface area contributed by atoms with E-state index >= 15 is 0 Å². The highest BCUT2D eigenvalue weighted by Gasteiger charge is 2.27. The molecular formula is C16H21NO3. The SMILES string of the molecule is CCC(C)C(NC(=O)c1cccc2c1CCC2)C(=O)O. The van der Waals surface area contributed by atoms with Gasteiger partial charge in [-0.25, -0.2) is 4.79 Å². The second-order valence-electron chi connectivity index (χ2n) is 5.47. The van der Waals surface area contributed by atoms with E-state index in [-0.39, 0.29) is 11.8 Å². The van der Waals surface area contributed by atoms with Gasteiger partial charge in [-0.2, -0.15) is 0 Å². The van der Waals surface area contributed by atoms with Crippen LogP contribution in [0.5, 0.6) is 0 Å². The fourth-order valence-corrected chi connectivity index (χ4v) is 2.73. The molecule has 0 saturated carbocycles. The number of fused-ring (bicyclic) bond motifs is 1. The number of carboxylic acids is 1. The number of hydrogen-bond donors (Lipinski definition) is 2. The third kappa shape index (κ3) is 2.84. The molecule has 0 spiro atoms. The molecule has 1 aliphatic carbocycles. The molecule has 4 heteroatoms. The zero-order valence-corrected chi connectivity index (χ0v) is 12.0. The van der Waals surface area contributed by atoms with Crippen LogP contribution >= 0.6 is 0 Å². The van der Waals surface area contributed by atoms with Crippen LogP contribution < -0.4 is 5.32 Å². The third-order valence-electron chi connectivity index (χ3n) is 4.16. The summed E-state index contributed by atoms with van der Waals surface area (Å²) in [6, 6.07) is 4.88. The van der Waals surface area contributed by atoms with E-state index in [0.29, 0.717) is 12.0 Å². The molecule has 2 N–H and O–H groups in total. The maximum absolute atomic E-state index is 12.4. The number of aliphatic carboxylic acids is 1. The number of aryl methyl sites for hydroxylation is 1. The summed E-state index contributed by atoms with van der Waals surface area (Å²) < 4.78 is 0. The number of hydrogen-bond acceptors (Lipinski definition) is 2. The predicted octanol–water partition coefficient (Wildman–Crippen LogP) is 2.40.